The van der Waals surface area contributed by atoms with E-state index in [9.17, 15) is 20.4 Å². The van der Waals surface area contributed by atoms with Crippen molar-refractivity contribution in [3.8, 4) is 0 Å². The van der Waals surface area contributed by atoms with Crippen molar-refractivity contribution in [2.24, 2.45) is 0 Å². The smallest absolute Gasteiger partial charge is 0.150 e. The average Bonchev–Trinajstić information content (AvgIpc) is 2.83. The molecule has 2 heterocycles. The second-order valence-corrected chi connectivity index (χ2v) is 4.72. The van der Waals surface area contributed by atoms with Crippen LogP contribution in [0, 0.1) is 0 Å². The minimum Gasteiger partial charge on any atom is -0.381 e. The van der Waals surface area contributed by atoms with Crippen LogP contribution < -0.4 is 0 Å². The quantitative estimate of drug-likeness (QED) is 0.298. The van der Waals surface area contributed by atoms with Crippen LogP contribution in [0.5, 0.6) is 0 Å². The third-order valence-electron chi connectivity index (χ3n) is 3.48. The fraction of sp³-hybridized carbons (Fsp3) is 1.00. The molecule has 0 aromatic heterocycles. The Kier molecular flexibility index (Phi) is 4.68. The van der Waals surface area contributed by atoms with Crippen molar-refractivity contribution in [3.63, 3.8) is 0 Å². The summed E-state index contributed by atoms with van der Waals surface area (Å²) in [6.45, 7) is -0.483. The van der Waals surface area contributed by atoms with Crippen molar-refractivity contribution in [1.29, 1.82) is 0 Å². The monoisotopic (exact) mass is 280 g/mol. The van der Waals surface area contributed by atoms with E-state index in [2.05, 4.69) is 0 Å². The summed E-state index contributed by atoms with van der Waals surface area (Å²) in [5.41, 5.74) is 0. The van der Waals surface area contributed by atoms with Gasteiger partial charge in [0.2, 0.25) is 0 Å². The van der Waals surface area contributed by atoms with Gasteiger partial charge in [-0.1, -0.05) is 0 Å². The second-order valence-electron chi connectivity index (χ2n) is 4.72. The van der Waals surface area contributed by atoms with E-state index < -0.39 is 38.4 Å². The van der Waals surface area contributed by atoms with E-state index in [1.54, 1.807) is 0 Å². The Morgan fingerprint density at radius 1 is 0.632 bits per heavy atom. The molecular formula is C9H20N4O6. The first kappa shape index (κ1) is 15.0. The summed E-state index contributed by atoms with van der Waals surface area (Å²) in [4.78, 5) is 5.34. The van der Waals surface area contributed by atoms with Crippen LogP contribution in [0.1, 0.15) is 0 Å². The molecule has 0 bridgehead atoms. The molecule has 0 saturated carbocycles. The van der Waals surface area contributed by atoms with Gasteiger partial charge in [0.25, 0.3) is 0 Å². The molecule has 0 radical (unpaired) electrons. The molecule has 4 atom stereocenters. The van der Waals surface area contributed by atoms with Crippen LogP contribution in [-0.2, 0) is 0 Å². The van der Waals surface area contributed by atoms with E-state index in [0.29, 0.717) is 0 Å². The minimum absolute atomic E-state index is 0.0729. The molecule has 2 saturated heterocycles. The first-order chi connectivity index (χ1) is 8.99. The molecule has 2 fully saturated rings. The zero-order valence-corrected chi connectivity index (χ0v) is 10.3. The van der Waals surface area contributed by atoms with Crippen molar-refractivity contribution in [3.05, 3.63) is 0 Å². The van der Waals surface area contributed by atoms with Gasteiger partial charge in [0.05, 0.1) is 33.5 Å². The predicted molar refractivity (Wildman–Crippen MR) is 60.2 cm³/mol. The maximum absolute atomic E-state index is 9.78. The van der Waals surface area contributed by atoms with Crippen LogP contribution in [0.4, 0.5) is 0 Å². The van der Waals surface area contributed by atoms with Gasteiger partial charge in [0, 0.05) is 0 Å². The number of hydrogen-bond acceptors (Lipinski definition) is 10. The molecule has 112 valence electrons. The fourth-order valence-electron chi connectivity index (χ4n) is 2.30. The van der Waals surface area contributed by atoms with E-state index in [1.807, 2.05) is 0 Å². The lowest BCUT2D eigenvalue weighted by molar-refractivity contribution is -0.108. The van der Waals surface area contributed by atoms with Crippen molar-refractivity contribution >= 4 is 0 Å². The van der Waals surface area contributed by atoms with E-state index in [0.717, 1.165) is 0 Å². The lowest BCUT2D eigenvalue weighted by atomic mass is 10.4. The molecule has 0 amide bonds. The van der Waals surface area contributed by atoms with Crippen molar-refractivity contribution in [1.82, 2.24) is 19.6 Å². The fourth-order valence-corrected chi connectivity index (χ4v) is 2.30. The van der Waals surface area contributed by atoms with Crippen molar-refractivity contribution < 1.29 is 30.6 Å². The summed E-state index contributed by atoms with van der Waals surface area (Å²) in [5.74, 6) is 0. The maximum atomic E-state index is 9.78. The number of hydrogen-bond donors (Lipinski definition) is 6. The van der Waals surface area contributed by atoms with Gasteiger partial charge in [-0.05, 0) is 0 Å². The van der Waals surface area contributed by atoms with Crippen LogP contribution in [0.25, 0.3) is 0 Å². The van der Waals surface area contributed by atoms with E-state index in [1.165, 1.54) is 19.6 Å². The molecule has 4 unspecified atom stereocenters. The van der Waals surface area contributed by atoms with Crippen LogP contribution >= 0.6 is 0 Å². The predicted octanol–water partition coefficient (Wildman–Crippen LogP) is -4.73. The molecule has 2 aliphatic rings. The molecule has 0 aromatic carbocycles. The van der Waals surface area contributed by atoms with Crippen molar-refractivity contribution in [2.45, 2.75) is 24.9 Å². The average molecular weight is 280 g/mol. The Morgan fingerprint density at radius 3 is 1.21 bits per heavy atom. The van der Waals surface area contributed by atoms with Gasteiger partial charge in [-0.25, -0.2) is 19.6 Å². The van der Waals surface area contributed by atoms with Gasteiger partial charge in [-0.2, -0.15) is 0 Å². The highest BCUT2D eigenvalue weighted by Crippen LogP contribution is 2.21. The highest BCUT2D eigenvalue weighted by atomic mass is 16.4. The molecule has 10 heteroatoms. The van der Waals surface area contributed by atoms with E-state index in [4.69, 9.17) is 10.2 Å². The molecular weight excluding hydrogens is 260 g/mol. The first-order valence-corrected chi connectivity index (χ1v) is 5.89. The summed E-state index contributed by atoms with van der Waals surface area (Å²) in [5, 5.41) is 56.8. The summed E-state index contributed by atoms with van der Waals surface area (Å²) in [6, 6.07) is 0. The zero-order chi connectivity index (χ0) is 14.2. The highest BCUT2D eigenvalue weighted by molar-refractivity contribution is 4.82. The van der Waals surface area contributed by atoms with Crippen LogP contribution in [0.3, 0.4) is 0 Å². The summed E-state index contributed by atoms with van der Waals surface area (Å²) < 4.78 is 0. The Hall–Kier alpha value is -0.400. The van der Waals surface area contributed by atoms with E-state index >= 15 is 0 Å². The molecule has 0 aliphatic carbocycles. The van der Waals surface area contributed by atoms with Gasteiger partial charge in [0.15, 0.2) is 0 Å². The third-order valence-corrected chi connectivity index (χ3v) is 3.48. The molecule has 0 aromatic rings. The zero-order valence-electron chi connectivity index (χ0n) is 10.3. The number of aliphatic hydroxyl groups excluding tert-OH is 6. The largest absolute Gasteiger partial charge is 0.381 e. The lowest BCUT2D eigenvalue weighted by Crippen LogP contribution is -2.46. The molecule has 10 nitrogen and oxygen atoms in total. The van der Waals surface area contributed by atoms with Crippen molar-refractivity contribution in [2.75, 3.05) is 33.5 Å². The highest BCUT2D eigenvalue weighted by Gasteiger charge is 2.42. The molecule has 19 heavy (non-hydrogen) atoms. The standard InChI is InChI=1S/C9H20N4O6/c14-4-12-2-10(6(16)8(12)18)1-11-3-13(5-15)9(19)7(11)17/h6-9,14-19H,1-5H2. The Morgan fingerprint density at radius 2 is 0.947 bits per heavy atom. The number of nitrogens with zero attached hydrogens (tertiary/aromatic N) is 4. The normalized spacial score (nSPS) is 39.5. The van der Waals surface area contributed by atoms with E-state index in [-0.39, 0.29) is 20.0 Å². The number of aliphatic hydroxyl groups is 6. The topological polar surface area (TPSA) is 134 Å². The van der Waals surface area contributed by atoms with Gasteiger partial charge in [-0.15, -0.1) is 0 Å². The Labute approximate surface area is 109 Å². The lowest BCUT2D eigenvalue weighted by Gasteiger charge is -2.27. The SMILES string of the molecule is OCN1CN(CN2CN(CO)C(O)C2O)C(O)C1O. The van der Waals surface area contributed by atoms with Gasteiger partial charge in [-0.3, -0.25) is 0 Å². The number of rotatable bonds is 4. The first-order valence-electron chi connectivity index (χ1n) is 5.89. The van der Waals surface area contributed by atoms with Gasteiger partial charge in [0.1, 0.15) is 24.9 Å². The second kappa shape index (κ2) is 5.93. The van der Waals surface area contributed by atoms with Gasteiger partial charge < -0.3 is 30.6 Å². The summed E-state index contributed by atoms with van der Waals surface area (Å²) in [6.07, 6.45) is -4.80. The molecule has 6 N–H and O–H groups in total. The van der Waals surface area contributed by atoms with Crippen LogP contribution in [-0.4, -0.2) is 109 Å². The summed E-state index contributed by atoms with van der Waals surface area (Å²) >= 11 is 0. The molecule has 2 rings (SSSR count). The van der Waals surface area contributed by atoms with Crippen LogP contribution in [0.2, 0.25) is 0 Å². The third kappa shape index (κ3) is 2.73. The molecule has 0 spiro atoms. The Balaban J connectivity index is 1.95. The maximum Gasteiger partial charge on any atom is 0.150 e. The molecule has 2 aliphatic heterocycles. The minimum atomic E-state index is -1.20. The summed E-state index contributed by atoms with van der Waals surface area (Å²) in [7, 11) is 0. The van der Waals surface area contributed by atoms with Crippen LogP contribution in [0.15, 0.2) is 0 Å². The Bertz CT molecular complexity index is 282. The van der Waals surface area contributed by atoms with Gasteiger partial charge >= 0.3 is 0 Å².